The third-order valence-electron chi connectivity index (χ3n) is 8.66. The van der Waals surface area contributed by atoms with Crippen molar-refractivity contribution in [2.45, 2.75) is 45.8 Å². The number of nitrogens with one attached hydrogen (secondary N) is 2. The number of ether oxygens (including phenoxy) is 1. The number of aryl methyl sites for hydroxylation is 1. The van der Waals surface area contributed by atoms with Crippen molar-refractivity contribution in [1.29, 1.82) is 0 Å². The molecule has 3 N–H and O–H groups in total. The summed E-state index contributed by atoms with van der Waals surface area (Å²) in [6.45, 7) is 4.95. The Morgan fingerprint density at radius 1 is 1.22 bits per heavy atom. The lowest BCUT2D eigenvalue weighted by molar-refractivity contribution is -0.137. The van der Waals surface area contributed by atoms with Crippen molar-refractivity contribution in [3.8, 4) is 5.75 Å². The van der Waals surface area contributed by atoms with Gasteiger partial charge in [0.1, 0.15) is 18.6 Å². The van der Waals surface area contributed by atoms with E-state index in [1.54, 1.807) is 11.5 Å². The van der Waals surface area contributed by atoms with E-state index in [0.717, 1.165) is 28.3 Å². The highest BCUT2D eigenvalue weighted by Crippen LogP contribution is 2.34. The number of carbonyl (C=O) groups is 2. The van der Waals surface area contributed by atoms with Crippen molar-refractivity contribution in [3.63, 3.8) is 0 Å². The molecule has 264 valence electrons. The van der Waals surface area contributed by atoms with Crippen molar-refractivity contribution in [2.75, 3.05) is 43.1 Å². The van der Waals surface area contributed by atoms with Crippen LogP contribution in [0.3, 0.4) is 0 Å². The van der Waals surface area contributed by atoms with Gasteiger partial charge in [0.15, 0.2) is 17.3 Å². The molecule has 0 aliphatic carbocycles. The van der Waals surface area contributed by atoms with Gasteiger partial charge in [0.25, 0.3) is 11.5 Å². The lowest BCUT2D eigenvalue weighted by Gasteiger charge is -2.24. The second kappa shape index (κ2) is 14.1. The Kier molecular flexibility index (Phi) is 9.80. The zero-order valence-electron chi connectivity index (χ0n) is 27.1. The molecule has 5 heterocycles. The quantitative estimate of drug-likeness (QED) is 0.233. The number of halogens is 4. The van der Waals surface area contributed by atoms with Crippen molar-refractivity contribution in [2.24, 2.45) is 5.92 Å². The number of hydrogen-bond acceptors (Lipinski definition) is 10. The van der Waals surface area contributed by atoms with E-state index in [-0.39, 0.29) is 52.6 Å². The zero-order chi connectivity index (χ0) is 35.7. The van der Waals surface area contributed by atoms with Crippen LogP contribution in [-0.4, -0.2) is 78.9 Å². The van der Waals surface area contributed by atoms with Gasteiger partial charge in [-0.1, -0.05) is 24.6 Å². The van der Waals surface area contributed by atoms with E-state index in [4.69, 9.17) is 16.3 Å². The molecule has 50 heavy (non-hydrogen) atoms. The maximum atomic E-state index is 14.1. The number of rotatable bonds is 9. The fraction of sp³-hybridized carbons (Fsp3) is 0.406. The topological polar surface area (TPSA) is 169 Å². The summed E-state index contributed by atoms with van der Waals surface area (Å²) in [5.74, 6) is -1.10. The minimum Gasteiger partial charge on any atom is -0.504 e. The number of anilines is 2. The van der Waals surface area contributed by atoms with E-state index in [9.17, 15) is 32.7 Å². The summed E-state index contributed by atoms with van der Waals surface area (Å²) in [6.07, 6.45) is -0.116. The van der Waals surface area contributed by atoms with Gasteiger partial charge in [-0.15, -0.1) is 5.10 Å². The molecule has 1 saturated heterocycles. The molecule has 6 rings (SSSR count). The molecular formula is C32H33ClF3N9O5. The number of nitrogens with zero attached hydrogens (tertiary/aromatic N) is 7. The highest BCUT2D eigenvalue weighted by atomic mass is 35.5. The summed E-state index contributed by atoms with van der Waals surface area (Å²) in [7, 11) is 0. The third-order valence-corrected chi connectivity index (χ3v) is 8.97. The molecule has 1 atom stereocenters. The molecule has 1 aromatic carbocycles. The minimum absolute atomic E-state index is 0.00982. The Morgan fingerprint density at radius 2 is 2.02 bits per heavy atom. The molecule has 0 unspecified atom stereocenters. The summed E-state index contributed by atoms with van der Waals surface area (Å²) in [5.41, 5.74) is 0.347. The van der Waals surface area contributed by atoms with Crippen LogP contribution in [0, 0.1) is 12.8 Å². The predicted octanol–water partition coefficient (Wildman–Crippen LogP) is 3.63. The van der Waals surface area contributed by atoms with E-state index in [2.05, 4.69) is 30.7 Å². The van der Waals surface area contributed by atoms with Gasteiger partial charge >= 0.3 is 6.18 Å². The molecule has 18 heteroatoms. The average Bonchev–Trinajstić information content (AvgIpc) is 3.75. The number of alkyl halides is 3. The molecule has 0 spiro atoms. The van der Waals surface area contributed by atoms with E-state index in [1.165, 1.54) is 6.33 Å². The molecule has 4 aromatic rings. The fourth-order valence-corrected chi connectivity index (χ4v) is 6.31. The molecular weight excluding hydrogens is 683 g/mol. The van der Waals surface area contributed by atoms with Crippen LogP contribution in [0.5, 0.6) is 5.75 Å². The van der Waals surface area contributed by atoms with Gasteiger partial charge < -0.3 is 29.9 Å². The summed E-state index contributed by atoms with van der Waals surface area (Å²) in [6, 6.07) is 2.64. The predicted molar refractivity (Wildman–Crippen MR) is 176 cm³/mol. The highest BCUT2D eigenvalue weighted by Gasteiger charge is 2.32. The van der Waals surface area contributed by atoms with Crippen LogP contribution in [0.4, 0.5) is 24.5 Å². The Balaban J connectivity index is 1.31. The summed E-state index contributed by atoms with van der Waals surface area (Å²) in [5, 5.41) is 19.8. The van der Waals surface area contributed by atoms with Crippen LogP contribution >= 0.6 is 11.6 Å². The summed E-state index contributed by atoms with van der Waals surface area (Å²) >= 11 is 6.11. The number of aromatic nitrogens is 6. The number of aromatic hydroxyl groups is 1. The number of carbonyl (C=O) groups excluding carboxylic acids is 2. The fourth-order valence-electron chi connectivity index (χ4n) is 6.08. The van der Waals surface area contributed by atoms with Gasteiger partial charge in [0.2, 0.25) is 11.7 Å². The highest BCUT2D eigenvalue weighted by molar-refractivity contribution is 6.33. The maximum absolute atomic E-state index is 14.1. The first-order valence-corrected chi connectivity index (χ1v) is 16.2. The molecule has 14 nitrogen and oxygen atoms in total. The van der Waals surface area contributed by atoms with Crippen LogP contribution in [0.15, 0.2) is 35.4 Å². The number of amides is 2. The third kappa shape index (κ3) is 7.00. The first-order chi connectivity index (χ1) is 23.8. The largest absolute Gasteiger partial charge is 0.504 e. The molecule has 0 saturated carbocycles. The van der Waals surface area contributed by atoms with Gasteiger partial charge in [-0.2, -0.15) is 22.7 Å². The molecule has 1 fully saturated rings. The van der Waals surface area contributed by atoms with Crippen molar-refractivity contribution in [1.82, 2.24) is 34.4 Å². The number of fused-ring (bicyclic) bond motifs is 1. The van der Waals surface area contributed by atoms with Crippen LogP contribution < -0.4 is 21.1 Å². The first kappa shape index (κ1) is 34.8. The molecule has 0 bridgehead atoms. The minimum atomic E-state index is -4.61. The smallest absolute Gasteiger partial charge is 0.416 e. The van der Waals surface area contributed by atoms with E-state index >= 15 is 0 Å². The lowest BCUT2D eigenvalue weighted by Crippen LogP contribution is -2.36. The monoisotopic (exact) mass is 715 g/mol. The van der Waals surface area contributed by atoms with Crippen molar-refractivity contribution in [3.05, 3.63) is 74.4 Å². The van der Waals surface area contributed by atoms with Gasteiger partial charge in [0, 0.05) is 19.6 Å². The van der Waals surface area contributed by atoms with E-state index in [0.29, 0.717) is 62.8 Å². The molecule has 2 amide bonds. The second-order valence-electron chi connectivity index (χ2n) is 11.9. The Morgan fingerprint density at radius 3 is 2.72 bits per heavy atom. The van der Waals surface area contributed by atoms with E-state index < -0.39 is 29.1 Å². The van der Waals surface area contributed by atoms with Gasteiger partial charge in [0.05, 0.1) is 40.9 Å². The van der Waals surface area contributed by atoms with Crippen molar-refractivity contribution < 1.29 is 32.6 Å². The summed E-state index contributed by atoms with van der Waals surface area (Å²) < 4.78 is 47.7. The molecule has 0 radical (unpaired) electrons. The van der Waals surface area contributed by atoms with Crippen molar-refractivity contribution >= 4 is 46.1 Å². The van der Waals surface area contributed by atoms with Gasteiger partial charge in [-0.05, 0) is 55.9 Å². The Bertz CT molecular complexity index is 2060. The maximum Gasteiger partial charge on any atom is 0.416 e. The SMILES string of the molecule is CCc1c(N2CC[C@H](CNC(=O)c3ncnc(C)c3O)C2)c(=O)n2nc(C3=CCOCC3)nc2n1CC(=O)Nc1ccc(C(F)(F)F)cc1Cl. The first-order valence-electron chi connectivity index (χ1n) is 15.9. The van der Waals surface area contributed by atoms with Crippen LogP contribution in [0.2, 0.25) is 5.02 Å². The normalized spacial score (nSPS) is 16.5. The van der Waals surface area contributed by atoms with Crippen LogP contribution in [0.25, 0.3) is 11.4 Å². The molecule has 2 aliphatic rings. The zero-order valence-corrected chi connectivity index (χ0v) is 27.8. The Hall–Kier alpha value is -5.03. The lowest BCUT2D eigenvalue weighted by atomic mass is 10.1. The second-order valence-corrected chi connectivity index (χ2v) is 12.4. The average molecular weight is 716 g/mol. The number of benzene rings is 1. The number of hydrogen-bond donors (Lipinski definition) is 3. The van der Waals surface area contributed by atoms with E-state index in [1.807, 2.05) is 17.9 Å². The van der Waals surface area contributed by atoms with Crippen LogP contribution in [0.1, 0.15) is 53.0 Å². The molecule has 3 aromatic heterocycles. The van der Waals surface area contributed by atoms with Gasteiger partial charge in [-0.25, -0.2) is 9.97 Å². The standard InChI is InChI=1S/C32H33ClF3N9O5/c1-3-23-26(43-9-6-18(14-43)13-37-29(48)25-27(47)17(2)38-16-39-25)30(49)45-31(41-28(42-45)19-7-10-50-11-8-19)44(23)15-24(46)40-22-5-4-20(12-21(22)33)32(34,35)36/h4-5,7,12,16,18,47H,3,6,8-11,13-15H2,1-2H3,(H,37,48)(H,40,46)/t18-/m1/s1. The Labute approximate surface area is 287 Å². The van der Waals surface area contributed by atoms with Crippen LogP contribution in [-0.2, 0) is 28.7 Å². The molecule has 2 aliphatic heterocycles. The summed E-state index contributed by atoms with van der Waals surface area (Å²) in [4.78, 5) is 54.7. The van der Waals surface area contributed by atoms with Gasteiger partial charge in [-0.3, -0.25) is 14.4 Å².